The Morgan fingerprint density at radius 3 is 2.44 bits per heavy atom. The molecule has 0 spiro atoms. The second kappa shape index (κ2) is 4.79. The van der Waals surface area contributed by atoms with E-state index in [1.54, 1.807) is 43.5 Å². The van der Waals surface area contributed by atoms with Crippen molar-refractivity contribution in [2.75, 3.05) is 12.8 Å². The van der Waals surface area contributed by atoms with E-state index in [0.29, 0.717) is 16.9 Å². The monoisotopic (exact) mass is 243 g/mol. The summed E-state index contributed by atoms with van der Waals surface area (Å²) < 4.78 is 5.02. The Bertz CT molecular complexity index is 576. The molecule has 2 aromatic rings. The maximum absolute atomic E-state index is 12.2. The molecule has 0 saturated heterocycles. The molecule has 3 N–H and O–H groups in total. The van der Waals surface area contributed by atoms with Gasteiger partial charge in [-0.1, -0.05) is 6.07 Å². The third-order valence-corrected chi connectivity index (χ3v) is 2.68. The fraction of sp³-hybridized carbons (Fsp3) is 0.0714. The van der Waals surface area contributed by atoms with E-state index in [4.69, 9.17) is 10.5 Å². The second-order valence-electron chi connectivity index (χ2n) is 3.80. The van der Waals surface area contributed by atoms with E-state index in [1.807, 2.05) is 0 Å². The zero-order chi connectivity index (χ0) is 13.1. The first-order chi connectivity index (χ1) is 8.63. The summed E-state index contributed by atoms with van der Waals surface area (Å²) in [6.07, 6.45) is 0. The summed E-state index contributed by atoms with van der Waals surface area (Å²) in [5, 5.41) is 9.48. The van der Waals surface area contributed by atoms with Crippen molar-refractivity contribution >= 4 is 11.5 Å². The number of ketones is 1. The van der Waals surface area contributed by atoms with Gasteiger partial charge in [-0.3, -0.25) is 4.79 Å². The first-order valence-corrected chi connectivity index (χ1v) is 5.39. The van der Waals surface area contributed by atoms with Crippen molar-refractivity contribution in [1.29, 1.82) is 0 Å². The van der Waals surface area contributed by atoms with Gasteiger partial charge in [-0.2, -0.15) is 0 Å². The highest BCUT2D eigenvalue weighted by Crippen LogP contribution is 2.26. The minimum Gasteiger partial charge on any atom is -0.506 e. The van der Waals surface area contributed by atoms with Gasteiger partial charge in [0.05, 0.1) is 12.8 Å². The van der Waals surface area contributed by atoms with E-state index in [1.165, 1.54) is 6.07 Å². The smallest absolute Gasteiger partial charge is 0.195 e. The number of nitrogen functional groups attached to an aromatic ring is 1. The minimum atomic E-state index is -0.231. The zero-order valence-electron chi connectivity index (χ0n) is 9.88. The Balaban J connectivity index is 2.38. The molecular weight excluding hydrogens is 230 g/mol. The summed E-state index contributed by atoms with van der Waals surface area (Å²) >= 11 is 0. The van der Waals surface area contributed by atoms with E-state index >= 15 is 0 Å². The molecule has 0 fully saturated rings. The maximum atomic E-state index is 12.2. The number of methoxy groups -OCH3 is 1. The van der Waals surface area contributed by atoms with Gasteiger partial charge in [0.1, 0.15) is 11.5 Å². The van der Waals surface area contributed by atoms with Crippen molar-refractivity contribution in [1.82, 2.24) is 0 Å². The summed E-state index contributed by atoms with van der Waals surface area (Å²) in [7, 11) is 1.56. The van der Waals surface area contributed by atoms with E-state index < -0.39 is 0 Å². The Kier molecular flexibility index (Phi) is 3.19. The predicted octanol–water partition coefficient (Wildman–Crippen LogP) is 2.21. The first-order valence-electron chi connectivity index (χ1n) is 5.39. The van der Waals surface area contributed by atoms with Crippen LogP contribution in [-0.2, 0) is 0 Å². The van der Waals surface area contributed by atoms with Gasteiger partial charge < -0.3 is 15.6 Å². The number of phenolic OH excluding ortho intramolecular Hbond substituents is 1. The lowest BCUT2D eigenvalue weighted by Crippen LogP contribution is -2.05. The van der Waals surface area contributed by atoms with Crippen molar-refractivity contribution in [3.63, 3.8) is 0 Å². The zero-order valence-corrected chi connectivity index (χ0v) is 9.88. The van der Waals surface area contributed by atoms with Crippen molar-refractivity contribution < 1.29 is 14.6 Å². The molecule has 0 atom stereocenters. The van der Waals surface area contributed by atoms with Gasteiger partial charge in [-0.15, -0.1) is 0 Å². The fourth-order valence-corrected chi connectivity index (χ4v) is 1.65. The van der Waals surface area contributed by atoms with Crippen molar-refractivity contribution in [2.24, 2.45) is 0 Å². The fourth-order valence-electron chi connectivity index (χ4n) is 1.65. The minimum absolute atomic E-state index is 0.0886. The van der Waals surface area contributed by atoms with Gasteiger partial charge in [0, 0.05) is 11.1 Å². The number of phenols is 1. The molecule has 0 amide bonds. The Hall–Kier alpha value is -2.49. The normalized spacial score (nSPS) is 10.1. The lowest BCUT2D eigenvalue weighted by atomic mass is 10.0. The van der Waals surface area contributed by atoms with Crippen LogP contribution in [0.4, 0.5) is 5.69 Å². The number of anilines is 1. The van der Waals surface area contributed by atoms with E-state index in [9.17, 15) is 9.90 Å². The van der Waals surface area contributed by atoms with Gasteiger partial charge in [0.2, 0.25) is 0 Å². The molecule has 2 rings (SSSR count). The van der Waals surface area contributed by atoms with Crippen LogP contribution in [0.2, 0.25) is 0 Å². The third-order valence-electron chi connectivity index (χ3n) is 2.68. The largest absolute Gasteiger partial charge is 0.506 e. The molecule has 0 aromatic heterocycles. The van der Waals surface area contributed by atoms with Crippen LogP contribution in [0, 0.1) is 0 Å². The lowest BCUT2D eigenvalue weighted by Gasteiger charge is -2.07. The van der Waals surface area contributed by atoms with Gasteiger partial charge >= 0.3 is 0 Å². The number of carbonyl (C=O) groups is 1. The van der Waals surface area contributed by atoms with Crippen LogP contribution in [0.25, 0.3) is 0 Å². The van der Waals surface area contributed by atoms with Crippen LogP contribution in [-0.4, -0.2) is 18.0 Å². The quantitative estimate of drug-likeness (QED) is 0.492. The molecule has 0 bridgehead atoms. The maximum Gasteiger partial charge on any atom is 0.195 e. The standard InChI is InChI=1S/C14H13NO3/c1-18-10-7-5-9(6-8-10)14(17)11-3-2-4-12(16)13(11)15/h2-8,16H,15H2,1H3. The molecule has 0 saturated carbocycles. The molecule has 92 valence electrons. The molecular formula is C14H13NO3. The highest BCUT2D eigenvalue weighted by atomic mass is 16.5. The molecule has 0 aliphatic heterocycles. The van der Waals surface area contributed by atoms with Crippen LogP contribution < -0.4 is 10.5 Å². The molecule has 0 aliphatic rings. The highest BCUT2D eigenvalue weighted by Gasteiger charge is 2.14. The van der Waals surface area contributed by atoms with Gasteiger partial charge in [-0.05, 0) is 36.4 Å². The molecule has 4 nitrogen and oxygen atoms in total. The SMILES string of the molecule is COc1ccc(C(=O)c2cccc(O)c2N)cc1. The summed E-state index contributed by atoms with van der Waals surface area (Å²) in [5.41, 5.74) is 6.56. The highest BCUT2D eigenvalue weighted by molar-refractivity contribution is 6.12. The molecule has 0 aliphatic carbocycles. The molecule has 18 heavy (non-hydrogen) atoms. The summed E-state index contributed by atoms with van der Waals surface area (Å²) in [5.74, 6) is 0.357. The average molecular weight is 243 g/mol. The van der Waals surface area contributed by atoms with E-state index in [2.05, 4.69) is 0 Å². The van der Waals surface area contributed by atoms with Crippen molar-refractivity contribution in [3.8, 4) is 11.5 Å². The Morgan fingerprint density at radius 1 is 1.17 bits per heavy atom. The van der Waals surface area contributed by atoms with Gasteiger partial charge in [-0.25, -0.2) is 0 Å². The number of rotatable bonds is 3. The van der Waals surface area contributed by atoms with E-state index in [-0.39, 0.29) is 17.2 Å². The summed E-state index contributed by atoms with van der Waals surface area (Å²) in [4.78, 5) is 12.2. The number of para-hydroxylation sites is 1. The van der Waals surface area contributed by atoms with Crippen LogP contribution in [0.15, 0.2) is 42.5 Å². The third kappa shape index (κ3) is 2.13. The number of hydrogen-bond donors (Lipinski definition) is 2. The molecule has 4 heteroatoms. The predicted molar refractivity (Wildman–Crippen MR) is 68.9 cm³/mol. The number of carbonyl (C=O) groups excluding carboxylic acids is 1. The number of nitrogens with two attached hydrogens (primary N) is 1. The summed E-state index contributed by atoms with van der Waals surface area (Å²) in [6, 6.07) is 11.3. The van der Waals surface area contributed by atoms with Gasteiger partial charge in [0.25, 0.3) is 0 Å². The van der Waals surface area contributed by atoms with Crippen molar-refractivity contribution in [3.05, 3.63) is 53.6 Å². The molecule has 2 aromatic carbocycles. The number of hydrogen-bond acceptors (Lipinski definition) is 4. The molecule has 0 heterocycles. The van der Waals surface area contributed by atoms with Crippen LogP contribution in [0.1, 0.15) is 15.9 Å². The average Bonchev–Trinajstić information content (AvgIpc) is 2.41. The number of benzene rings is 2. The summed E-state index contributed by atoms with van der Waals surface area (Å²) in [6.45, 7) is 0. The molecule has 0 radical (unpaired) electrons. The lowest BCUT2D eigenvalue weighted by molar-refractivity contribution is 0.103. The van der Waals surface area contributed by atoms with Crippen LogP contribution in [0.3, 0.4) is 0 Å². The second-order valence-corrected chi connectivity index (χ2v) is 3.80. The van der Waals surface area contributed by atoms with E-state index in [0.717, 1.165) is 0 Å². The van der Waals surface area contributed by atoms with Gasteiger partial charge in [0.15, 0.2) is 5.78 Å². The number of aromatic hydroxyl groups is 1. The Morgan fingerprint density at radius 2 is 1.83 bits per heavy atom. The first kappa shape index (κ1) is 12.0. The number of ether oxygens (including phenoxy) is 1. The topological polar surface area (TPSA) is 72.5 Å². The Labute approximate surface area is 105 Å². The van der Waals surface area contributed by atoms with Crippen LogP contribution in [0.5, 0.6) is 11.5 Å². The molecule has 0 unspecified atom stereocenters. The van der Waals surface area contributed by atoms with Crippen LogP contribution >= 0.6 is 0 Å². The van der Waals surface area contributed by atoms with Crippen molar-refractivity contribution in [2.45, 2.75) is 0 Å².